The van der Waals surface area contributed by atoms with E-state index in [1.54, 1.807) is 6.20 Å². The van der Waals surface area contributed by atoms with E-state index in [-0.39, 0.29) is 0 Å². The number of anilines is 2. The van der Waals surface area contributed by atoms with Crippen molar-refractivity contribution in [3.63, 3.8) is 0 Å². The molecule has 2 aromatic rings. The van der Waals surface area contributed by atoms with Crippen molar-refractivity contribution >= 4 is 23.1 Å². The smallest absolute Gasteiger partial charge is 0.147 e. The van der Waals surface area contributed by atoms with Crippen LogP contribution in [0.4, 0.5) is 11.5 Å². The van der Waals surface area contributed by atoms with Gasteiger partial charge in [0, 0.05) is 25.0 Å². The Morgan fingerprint density at radius 2 is 1.94 bits per heavy atom. The van der Waals surface area contributed by atoms with Crippen LogP contribution in [0, 0.1) is 0 Å². The molecule has 1 heterocycles. The van der Waals surface area contributed by atoms with Crippen LogP contribution in [0.5, 0.6) is 0 Å². The lowest BCUT2D eigenvalue weighted by Crippen LogP contribution is -2.23. The summed E-state index contributed by atoms with van der Waals surface area (Å²) in [7, 11) is 0. The number of hydrogen-bond donors (Lipinski definition) is 1. The van der Waals surface area contributed by atoms with Gasteiger partial charge in [0.05, 0.1) is 5.02 Å². The van der Waals surface area contributed by atoms with Crippen LogP contribution >= 0.6 is 11.6 Å². The number of rotatable bonds is 4. The highest BCUT2D eigenvalue weighted by Gasteiger charge is 2.10. The maximum Gasteiger partial charge on any atom is 0.147 e. The third kappa shape index (κ3) is 2.93. The second-order valence-electron chi connectivity index (χ2n) is 4.06. The fourth-order valence-corrected chi connectivity index (χ4v) is 2.03. The first kappa shape index (κ1) is 12.7. The maximum atomic E-state index is 6.17. The minimum atomic E-state index is 0.676. The Labute approximate surface area is 112 Å². The molecular weight excluding hydrogens is 246 g/mol. The molecule has 0 fully saturated rings. The zero-order chi connectivity index (χ0) is 13.0. The molecule has 0 bridgehead atoms. The van der Waals surface area contributed by atoms with Crippen LogP contribution in [-0.2, 0) is 6.54 Å². The zero-order valence-electron chi connectivity index (χ0n) is 10.3. The number of nitrogen functional groups attached to an aromatic ring is 1. The van der Waals surface area contributed by atoms with Crippen molar-refractivity contribution < 1.29 is 0 Å². The molecule has 3 nitrogen and oxygen atoms in total. The first-order chi connectivity index (χ1) is 8.70. The van der Waals surface area contributed by atoms with E-state index in [2.05, 4.69) is 16.8 Å². The van der Waals surface area contributed by atoms with E-state index < -0.39 is 0 Å². The van der Waals surface area contributed by atoms with Crippen LogP contribution in [-0.4, -0.2) is 11.5 Å². The second-order valence-corrected chi connectivity index (χ2v) is 4.47. The largest absolute Gasteiger partial charge is 0.399 e. The highest BCUT2D eigenvalue weighted by atomic mass is 35.5. The number of nitrogens with two attached hydrogens (primary N) is 1. The van der Waals surface area contributed by atoms with E-state index in [0.717, 1.165) is 24.6 Å². The number of aromatic nitrogens is 1. The van der Waals surface area contributed by atoms with Crippen LogP contribution in [0.1, 0.15) is 12.5 Å². The lowest BCUT2D eigenvalue weighted by molar-refractivity contribution is 0.814. The van der Waals surface area contributed by atoms with Gasteiger partial charge < -0.3 is 10.6 Å². The Morgan fingerprint density at radius 1 is 1.22 bits per heavy atom. The summed E-state index contributed by atoms with van der Waals surface area (Å²) in [5, 5.41) is 0.676. The molecule has 0 atom stereocenters. The molecule has 0 aliphatic carbocycles. The third-order valence-electron chi connectivity index (χ3n) is 2.77. The molecule has 0 spiro atoms. The van der Waals surface area contributed by atoms with E-state index >= 15 is 0 Å². The van der Waals surface area contributed by atoms with Crippen LogP contribution in [0.15, 0.2) is 42.6 Å². The van der Waals surface area contributed by atoms with Crippen LogP contribution in [0.25, 0.3) is 0 Å². The maximum absolute atomic E-state index is 6.17. The lowest BCUT2D eigenvalue weighted by atomic mass is 10.2. The minimum Gasteiger partial charge on any atom is -0.399 e. The summed E-state index contributed by atoms with van der Waals surface area (Å²) in [4.78, 5) is 6.47. The SMILES string of the molecule is CCN(Cc1ccc(N)cc1)c1ncccc1Cl. The summed E-state index contributed by atoms with van der Waals surface area (Å²) in [5.74, 6) is 0.818. The Bertz CT molecular complexity index is 511. The molecule has 1 aromatic heterocycles. The fraction of sp³-hybridized carbons (Fsp3) is 0.214. The van der Waals surface area contributed by atoms with Gasteiger partial charge in [-0.2, -0.15) is 0 Å². The molecule has 2 rings (SSSR count). The molecule has 1 aromatic carbocycles. The van der Waals surface area contributed by atoms with E-state index in [1.165, 1.54) is 5.56 Å². The number of nitrogens with zero attached hydrogens (tertiary/aromatic N) is 2. The summed E-state index contributed by atoms with van der Waals surface area (Å²) >= 11 is 6.17. The quantitative estimate of drug-likeness (QED) is 0.859. The normalized spacial score (nSPS) is 10.3. The predicted molar refractivity (Wildman–Crippen MR) is 76.8 cm³/mol. The van der Waals surface area contributed by atoms with Gasteiger partial charge in [0.1, 0.15) is 5.82 Å². The van der Waals surface area contributed by atoms with E-state index in [4.69, 9.17) is 17.3 Å². The Hall–Kier alpha value is -1.74. The van der Waals surface area contributed by atoms with Crippen molar-refractivity contribution in [2.45, 2.75) is 13.5 Å². The van der Waals surface area contributed by atoms with Crippen LogP contribution in [0.2, 0.25) is 5.02 Å². The van der Waals surface area contributed by atoms with E-state index in [0.29, 0.717) is 5.02 Å². The fourth-order valence-electron chi connectivity index (χ4n) is 1.79. The molecule has 0 saturated carbocycles. The highest BCUT2D eigenvalue weighted by Crippen LogP contribution is 2.23. The molecule has 0 aliphatic rings. The van der Waals surface area contributed by atoms with Gasteiger partial charge in [-0.3, -0.25) is 0 Å². The van der Waals surface area contributed by atoms with Gasteiger partial charge in [-0.25, -0.2) is 4.98 Å². The van der Waals surface area contributed by atoms with Gasteiger partial charge in [0.15, 0.2) is 0 Å². The Morgan fingerprint density at radius 3 is 2.56 bits per heavy atom. The number of benzene rings is 1. The average molecular weight is 262 g/mol. The van der Waals surface area contributed by atoms with Gasteiger partial charge in [0.25, 0.3) is 0 Å². The van der Waals surface area contributed by atoms with Gasteiger partial charge in [-0.05, 0) is 36.8 Å². The van der Waals surface area contributed by atoms with Gasteiger partial charge in [-0.15, -0.1) is 0 Å². The van der Waals surface area contributed by atoms with Crippen molar-refractivity contribution in [3.8, 4) is 0 Å². The Kier molecular flexibility index (Phi) is 4.05. The van der Waals surface area contributed by atoms with Crippen LogP contribution < -0.4 is 10.6 Å². The number of pyridine rings is 1. The summed E-state index contributed by atoms with van der Waals surface area (Å²) in [6, 6.07) is 11.6. The summed E-state index contributed by atoms with van der Waals surface area (Å²) in [5.41, 5.74) is 7.64. The van der Waals surface area contributed by atoms with Crippen molar-refractivity contribution in [2.24, 2.45) is 0 Å². The Balaban J connectivity index is 2.20. The molecule has 2 N–H and O–H groups in total. The van der Waals surface area contributed by atoms with Crippen molar-refractivity contribution in [1.29, 1.82) is 0 Å². The van der Waals surface area contributed by atoms with Crippen LogP contribution in [0.3, 0.4) is 0 Å². The van der Waals surface area contributed by atoms with Crippen molar-refractivity contribution in [3.05, 3.63) is 53.2 Å². The molecule has 0 unspecified atom stereocenters. The summed E-state index contributed by atoms with van der Waals surface area (Å²) in [6.45, 7) is 3.71. The first-order valence-electron chi connectivity index (χ1n) is 5.90. The van der Waals surface area contributed by atoms with Gasteiger partial charge >= 0.3 is 0 Å². The minimum absolute atomic E-state index is 0.676. The average Bonchev–Trinajstić information content (AvgIpc) is 2.39. The standard InChI is InChI=1S/C14H16ClN3/c1-2-18(14-13(15)4-3-9-17-14)10-11-5-7-12(16)8-6-11/h3-9H,2,10,16H2,1H3. The summed E-state index contributed by atoms with van der Waals surface area (Å²) in [6.07, 6.45) is 1.76. The zero-order valence-corrected chi connectivity index (χ0v) is 11.1. The molecule has 0 saturated heterocycles. The molecule has 4 heteroatoms. The first-order valence-corrected chi connectivity index (χ1v) is 6.28. The molecule has 0 aliphatic heterocycles. The van der Waals surface area contributed by atoms with Crippen molar-refractivity contribution in [2.75, 3.05) is 17.2 Å². The van der Waals surface area contributed by atoms with Crippen molar-refractivity contribution in [1.82, 2.24) is 4.98 Å². The second kappa shape index (κ2) is 5.74. The predicted octanol–water partition coefficient (Wildman–Crippen LogP) is 3.34. The molecule has 0 amide bonds. The molecule has 18 heavy (non-hydrogen) atoms. The number of hydrogen-bond acceptors (Lipinski definition) is 3. The van der Waals surface area contributed by atoms with E-state index in [9.17, 15) is 0 Å². The molecule has 94 valence electrons. The van der Waals surface area contributed by atoms with Gasteiger partial charge in [0.2, 0.25) is 0 Å². The monoisotopic (exact) mass is 261 g/mol. The highest BCUT2D eigenvalue weighted by molar-refractivity contribution is 6.32. The summed E-state index contributed by atoms with van der Waals surface area (Å²) < 4.78 is 0. The van der Waals surface area contributed by atoms with Gasteiger partial charge in [-0.1, -0.05) is 23.7 Å². The lowest BCUT2D eigenvalue weighted by Gasteiger charge is -2.22. The molecule has 0 radical (unpaired) electrons. The number of halogens is 1. The topological polar surface area (TPSA) is 42.1 Å². The van der Waals surface area contributed by atoms with E-state index in [1.807, 2.05) is 36.4 Å². The third-order valence-corrected chi connectivity index (χ3v) is 3.07. The molecular formula is C14H16ClN3.